The van der Waals surface area contributed by atoms with Crippen molar-refractivity contribution in [2.75, 3.05) is 0 Å². The van der Waals surface area contributed by atoms with Crippen LogP contribution in [0.1, 0.15) is 23.0 Å². The van der Waals surface area contributed by atoms with E-state index in [0.29, 0.717) is 5.82 Å². The van der Waals surface area contributed by atoms with E-state index in [1.165, 1.54) is 30.5 Å². The summed E-state index contributed by atoms with van der Waals surface area (Å²) in [6.07, 6.45) is 5.23. The van der Waals surface area contributed by atoms with E-state index in [-0.39, 0.29) is 11.1 Å². The van der Waals surface area contributed by atoms with Crippen LogP contribution in [-0.4, -0.2) is 15.5 Å². The van der Waals surface area contributed by atoms with Gasteiger partial charge in [-0.2, -0.15) is 0 Å². The van der Waals surface area contributed by atoms with Crippen LogP contribution in [0.3, 0.4) is 0 Å². The molecule has 0 aliphatic carbocycles. The third kappa shape index (κ3) is 4.08. The Bertz CT molecular complexity index is 977. The molecule has 138 valence electrons. The number of nitrogens with zero attached hydrogens (tertiary/aromatic N) is 2. The van der Waals surface area contributed by atoms with Gasteiger partial charge < -0.3 is 9.88 Å². The number of imidazole rings is 1. The summed E-state index contributed by atoms with van der Waals surface area (Å²) in [7, 11) is 1.72. The van der Waals surface area contributed by atoms with Gasteiger partial charge in [-0.1, -0.05) is 24.3 Å². The average molecular weight is 371 g/mol. The topological polar surface area (TPSA) is 46.9 Å². The zero-order valence-electron chi connectivity index (χ0n) is 14.4. The van der Waals surface area contributed by atoms with Gasteiger partial charge in [0.1, 0.15) is 29.3 Å². The van der Waals surface area contributed by atoms with Crippen molar-refractivity contribution in [2.24, 2.45) is 7.05 Å². The van der Waals surface area contributed by atoms with E-state index in [2.05, 4.69) is 10.3 Å². The van der Waals surface area contributed by atoms with Crippen molar-refractivity contribution >= 4 is 12.0 Å². The summed E-state index contributed by atoms with van der Waals surface area (Å²) in [6, 6.07) is 8.55. The summed E-state index contributed by atoms with van der Waals surface area (Å²) >= 11 is 0. The number of aryl methyl sites for hydroxylation is 1. The summed E-state index contributed by atoms with van der Waals surface area (Å²) < 4.78 is 43.3. The fraction of sp³-hybridized carbons (Fsp3) is 0.100. The molecule has 2 aromatic carbocycles. The van der Waals surface area contributed by atoms with E-state index in [1.807, 2.05) is 0 Å². The highest BCUT2D eigenvalue weighted by atomic mass is 19.1. The van der Waals surface area contributed by atoms with Gasteiger partial charge in [-0.05, 0) is 24.3 Å². The number of benzene rings is 2. The normalized spacial score (nSPS) is 12.3. The monoisotopic (exact) mass is 371 g/mol. The van der Waals surface area contributed by atoms with Gasteiger partial charge in [-0.15, -0.1) is 0 Å². The number of hydrogen-bond donors (Lipinski definition) is 1. The van der Waals surface area contributed by atoms with Gasteiger partial charge in [0.05, 0.1) is 0 Å². The largest absolute Gasteiger partial charge is 0.338 e. The smallest absolute Gasteiger partial charge is 0.244 e. The Balaban J connectivity index is 1.89. The molecule has 0 saturated carbocycles. The van der Waals surface area contributed by atoms with E-state index < -0.39 is 29.4 Å². The van der Waals surface area contributed by atoms with Crippen molar-refractivity contribution in [3.63, 3.8) is 0 Å². The molecule has 1 aromatic heterocycles. The molecule has 7 heteroatoms. The summed E-state index contributed by atoms with van der Waals surface area (Å²) in [4.78, 5) is 16.5. The minimum atomic E-state index is -0.867. The Hall–Kier alpha value is -3.35. The minimum Gasteiger partial charge on any atom is -0.338 e. The Morgan fingerprint density at radius 3 is 2.37 bits per heavy atom. The first-order valence-electron chi connectivity index (χ1n) is 8.11. The van der Waals surface area contributed by atoms with E-state index in [4.69, 9.17) is 0 Å². The average Bonchev–Trinajstić information content (AvgIpc) is 3.06. The Kier molecular flexibility index (Phi) is 5.40. The number of halogens is 3. The molecular formula is C20H16F3N3O. The van der Waals surface area contributed by atoms with Gasteiger partial charge in [-0.3, -0.25) is 4.79 Å². The number of rotatable bonds is 5. The number of carbonyl (C=O) groups excluding carboxylic acids is 1. The number of nitrogens with one attached hydrogen (secondary N) is 1. The number of amides is 1. The maximum absolute atomic E-state index is 14.3. The van der Waals surface area contributed by atoms with Gasteiger partial charge in [0.2, 0.25) is 5.91 Å². The zero-order chi connectivity index (χ0) is 19.4. The molecular weight excluding hydrogens is 355 g/mol. The van der Waals surface area contributed by atoms with Crippen molar-refractivity contribution in [3.05, 3.63) is 95.3 Å². The summed E-state index contributed by atoms with van der Waals surface area (Å²) in [6.45, 7) is 0. The molecule has 0 aliphatic heterocycles. The molecule has 4 nitrogen and oxygen atoms in total. The van der Waals surface area contributed by atoms with Crippen LogP contribution in [0.5, 0.6) is 0 Å². The summed E-state index contributed by atoms with van der Waals surface area (Å²) in [5, 5.41) is 2.63. The molecule has 1 atom stereocenters. The predicted octanol–water partition coefficient (Wildman–Crippen LogP) is 3.76. The molecule has 0 fully saturated rings. The van der Waals surface area contributed by atoms with Crippen molar-refractivity contribution in [1.82, 2.24) is 14.9 Å². The first-order valence-corrected chi connectivity index (χ1v) is 8.11. The lowest BCUT2D eigenvalue weighted by Gasteiger charge is -2.19. The van der Waals surface area contributed by atoms with Crippen LogP contribution in [0, 0.1) is 17.5 Å². The SMILES string of the molecule is Cn1ccnc1C(NC(=O)C=Cc1c(F)cccc1F)c1ccccc1F. The fourth-order valence-corrected chi connectivity index (χ4v) is 2.67. The molecule has 0 saturated heterocycles. The van der Waals surface area contributed by atoms with Crippen LogP contribution in [0.2, 0.25) is 0 Å². The highest BCUT2D eigenvalue weighted by molar-refractivity contribution is 5.92. The Labute approximate surface area is 154 Å². The molecule has 27 heavy (non-hydrogen) atoms. The van der Waals surface area contributed by atoms with Gasteiger partial charge in [-0.25, -0.2) is 18.2 Å². The maximum atomic E-state index is 14.3. The first kappa shape index (κ1) is 18.4. The van der Waals surface area contributed by atoms with Crippen molar-refractivity contribution in [1.29, 1.82) is 0 Å². The number of hydrogen-bond acceptors (Lipinski definition) is 2. The number of aromatic nitrogens is 2. The second-order valence-electron chi connectivity index (χ2n) is 5.83. The van der Waals surface area contributed by atoms with Gasteiger partial charge in [0.15, 0.2) is 0 Å². The summed E-state index contributed by atoms with van der Waals surface area (Å²) in [5.74, 6) is -2.30. The van der Waals surface area contributed by atoms with E-state index in [9.17, 15) is 18.0 Å². The molecule has 1 unspecified atom stereocenters. The van der Waals surface area contributed by atoms with Gasteiger partial charge >= 0.3 is 0 Å². The minimum absolute atomic E-state index is 0.227. The van der Waals surface area contributed by atoms with Gasteiger partial charge in [0.25, 0.3) is 0 Å². The van der Waals surface area contributed by atoms with E-state index in [0.717, 1.165) is 24.3 Å². The highest BCUT2D eigenvalue weighted by Gasteiger charge is 2.22. The second kappa shape index (κ2) is 7.90. The third-order valence-corrected chi connectivity index (χ3v) is 4.02. The second-order valence-corrected chi connectivity index (χ2v) is 5.83. The molecule has 0 aliphatic rings. The third-order valence-electron chi connectivity index (χ3n) is 4.02. The summed E-state index contributed by atoms with van der Waals surface area (Å²) in [5.41, 5.74) is -0.0993. The lowest BCUT2D eigenvalue weighted by atomic mass is 10.1. The van der Waals surface area contributed by atoms with Crippen LogP contribution in [0.4, 0.5) is 13.2 Å². The fourth-order valence-electron chi connectivity index (χ4n) is 2.67. The van der Waals surface area contributed by atoms with E-state index >= 15 is 0 Å². The Morgan fingerprint density at radius 1 is 1.07 bits per heavy atom. The van der Waals surface area contributed by atoms with Crippen LogP contribution in [-0.2, 0) is 11.8 Å². The lowest BCUT2D eigenvalue weighted by Crippen LogP contribution is -2.30. The first-order chi connectivity index (χ1) is 13.0. The van der Waals surface area contributed by atoms with Crippen molar-refractivity contribution in [3.8, 4) is 0 Å². The molecule has 1 heterocycles. The van der Waals surface area contributed by atoms with Crippen LogP contribution >= 0.6 is 0 Å². The van der Waals surface area contributed by atoms with Crippen LogP contribution in [0.25, 0.3) is 6.08 Å². The molecule has 0 bridgehead atoms. The lowest BCUT2D eigenvalue weighted by molar-refractivity contribution is -0.117. The quantitative estimate of drug-likeness (QED) is 0.695. The molecule has 0 spiro atoms. The molecule has 3 rings (SSSR count). The van der Waals surface area contributed by atoms with Crippen LogP contribution in [0.15, 0.2) is 60.9 Å². The van der Waals surface area contributed by atoms with E-state index in [1.54, 1.807) is 23.9 Å². The van der Waals surface area contributed by atoms with Crippen molar-refractivity contribution in [2.45, 2.75) is 6.04 Å². The van der Waals surface area contributed by atoms with Gasteiger partial charge in [0, 0.05) is 36.6 Å². The Morgan fingerprint density at radius 2 is 1.74 bits per heavy atom. The number of carbonyl (C=O) groups is 1. The predicted molar refractivity (Wildman–Crippen MR) is 95.0 cm³/mol. The van der Waals surface area contributed by atoms with Crippen LogP contribution < -0.4 is 5.32 Å². The maximum Gasteiger partial charge on any atom is 0.244 e. The molecule has 3 aromatic rings. The zero-order valence-corrected chi connectivity index (χ0v) is 14.4. The molecule has 0 radical (unpaired) electrons. The standard InChI is InChI=1S/C20H16F3N3O/c1-26-12-11-24-20(26)19(14-5-2-3-6-17(14)23)25-18(27)10-9-13-15(21)7-4-8-16(13)22/h2-12,19H,1H3,(H,25,27). The molecule has 1 amide bonds. The molecule has 1 N–H and O–H groups in total. The van der Waals surface area contributed by atoms with Crippen molar-refractivity contribution < 1.29 is 18.0 Å². The highest BCUT2D eigenvalue weighted by Crippen LogP contribution is 2.23.